The molecule has 0 spiro atoms. The first kappa shape index (κ1) is 61.2. The number of phosphoric acid groups is 1. The number of allylic oxidation sites excluding steroid dienone is 10. The first-order chi connectivity index (χ1) is 30.8. The highest BCUT2D eigenvalue weighted by atomic mass is 31.2. The van der Waals surface area contributed by atoms with Gasteiger partial charge in [0.1, 0.15) is 12.2 Å². The van der Waals surface area contributed by atoms with E-state index in [1.807, 2.05) is 0 Å². The molecule has 0 rings (SSSR count). The Kier molecular flexibility index (Phi) is 48.1. The van der Waals surface area contributed by atoms with Crippen molar-refractivity contribution in [3.63, 3.8) is 0 Å². The summed E-state index contributed by atoms with van der Waals surface area (Å²) >= 11 is 0. The van der Waals surface area contributed by atoms with Crippen molar-refractivity contribution in [3.8, 4) is 0 Å². The topological polar surface area (TPSA) is 132 Å². The molecule has 0 radical (unpaired) electrons. The second-order valence-corrected chi connectivity index (χ2v) is 18.6. The minimum absolute atomic E-state index is 0.0392. The lowest BCUT2D eigenvalue weighted by Crippen LogP contribution is -2.29. The highest BCUT2D eigenvalue weighted by Crippen LogP contribution is 2.43. The van der Waals surface area contributed by atoms with Gasteiger partial charge < -0.3 is 24.6 Å². The van der Waals surface area contributed by atoms with Crippen molar-refractivity contribution in [2.75, 3.05) is 33.0 Å². The van der Waals surface area contributed by atoms with Crippen molar-refractivity contribution < 1.29 is 43.0 Å². The van der Waals surface area contributed by atoms with Gasteiger partial charge in [0.25, 0.3) is 0 Å². The summed E-state index contributed by atoms with van der Waals surface area (Å²) in [5, 5.41) is 18.4. The number of hydrogen-bond acceptors (Lipinski definition) is 8. The van der Waals surface area contributed by atoms with E-state index in [4.69, 9.17) is 23.6 Å². The van der Waals surface area contributed by atoms with Crippen LogP contribution in [0.4, 0.5) is 0 Å². The normalized spacial score (nSPS) is 14.3. The van der Waals surface area contributed by atoms with Gasteiger partial charge in [0, 0.05) is 13.0 Å². The van der Waals surface area contributed by atoms with Crippen LogP contribution in [0.15, 0.2) is 60.8 Å². The summed E-state index contributed by atoms with van der Waals surface area (Å²) in [6.07, 6.45) is 59.0. The molecule has 0 aliphatic rings. The van der Waals surface area contributed by atoms with Gasteiger partial charge in [-0.2, -0.15) is 0 Å². The van der Waals surface area contributed by atoms with Crippen LogP contribution in [0.5, 0.6) is 0 Å². The fraction of sp³-hybridized carbons (Fsp3) is 0.792. The minimum Gasteiger partial charge on any atom is -0.457 e. The van der Waals surface area contributed by atoms with E-state index in [-0.39, 0.29) is 25.6 Å². The Labute approximate surface area is 387 Å². The Morgan fingerprint density at radius 2 is 0.905 bits per heavy atom. The summed E-state index contributed by atoms with van der Waals surface area (Å²) in [5.74, 6) is -0.386. The van der Waals surface area contributed by atoms with Crippen molar-refractivity contribution in [3.05, 3.63) is 60.8 Å². The van der Waals surface area contributed by atoms with E-state index in [2.05, 4.69) is 74.6 Å². The van der Waals surface area contributed by atoms with Crippen LogP contribution < -0.4 is 0 Å². The summed E-state index contributed by atoms with van der Waals surface area (Å²) in [6, 6.07) is 0. The molecule has 0 aliphatic carbocycles. The van der Waals surface area contributed by atoms with Gasteiger partial charge in [-0.15, -0.1) is 0 Å². The largest absolute Gasteiger partial charge is 0.472 e. The third-order valence-electron chi connectivity index (χ3n) is 11.0. The number of esters is 1. The lowest BCUT2D eigenvalue weighted by Gasteiger charge is -2.20. The number of aliphatic hydroxyl groups is 2. The van der Waals surface area contributed by atoms with Gasteiger partial charge in [-0.05, 0) is 57.8 Å². The first-order valence-corrected chi connectivity index (χ1v) is 27.3. The fourth-order valence-electron chi connectivity index (χ4n) is 7.09. The predicted octanol–water partition coefficient (Wildman–Crippen LogP) is 15.1. The zero-order valence-electron chi connectivity index (χ0n) is 40.5. The van der Waals surface area contributed by atoms with Gasteiger partial charge >= 0.3 is 13.8 Å². The molecule has 63 heavy (non-hydrogen) atoms. The predicted molar refractivity (Wildman–Crippen MR) is 265 cm³/mol. The lowest BCUT2D eigenvalue weighted by molar-refractivity contribution is -0.154. The summed E-state index contributed by atoms with van der Waals surface area (Å²) in [6.45, 7) is 3.40. The maximum atomic E-state index is 12.7. The van der Waals surface area contributed by atoms with Crippen molar-refractivity contribution in [1.82, 2.24) is 0 Å². The highest BCUT2D eigenvalue weighted by molar-refractivity contribution is 7.47. The molecule has 0 aromatic carbocycles. The molecule has 3 atom stereocenters. The second-order valence-electron chi connectivity index (χ2n) is 17.2. The van der Waals surface area contributed by atoms with E-state index < -0.39 is 33.2 Å². The van der Waals surface area contributed by atoms with Crippen molar-refractivity contribution in [2.24, 2.45) is 0 Å². The van der Waals surface area contributed by atoms with Gasteiger partial charge in [-0.1, -0.05) is 222 Å². The number of phosphoric ester groups is 1. The van der Waals surface area contributed by atoms with E-state index in [0.717, 1.165) is 77.0 Å². The van der Waals surface area contributed by atoms with Crippen LogP contribution in [0.2, 0.25) is 0 Å². The molecule has 0 bridgehead atoms. The number of carbonyl (C=O) groups excluding carboxylic acids is 1. The number of rotatable bonds is 49. The van der Waals surface area contributed by atoms with Crippen LogP contribution >= 0.6 is 7.82 Å². The molecule has 9 nitrogen and oxygen atoms in total. The zero-order valence-corrected chi connectivity index (χ0v) is 41.4. The minimum atomic E-state index is -4.53. The molecule has 0 heterocycles. The van der Waals surface area contributed by atoms with Gasteiger partial charge in [0.2, 0.25) is 0 Å². The average molecular weight is 909 g/mol. The monoisotopic (exact) mass is 909 g/mol. The number of aliphatic hydroxyl groups excluding tert-OH is 2. The van der Waals surface area contributed by atoms with Crippen molar-refractivity contribution in [1.29, 1.82) is 0 Å². The Morgan fingerprint density at radius 1 is 0.508 bits per heavy atom. The van der Waals surface area contributed by atoms with Crippen LogP contribution in [0.3, 0.4) is 0 Å². The van der Waals surface area contributed by atoms with Crippen molar-refractivity contribution in [2.45, 2.75) is 238 Å². The first-order valence-electron chi connectivity index (χ1n) is 25.8. The summed E-state index contributed by atoms with van der Waals surface area (Å²) in [7, 11) is -4.53. The molecule has 0 saturated heterocycles. The van der Waals surface area contributed by atoms with E-state index in [9.17, 15) is 19.4 Å². The Hall–Kier alpha value is -1.84. The third kappa shape index (κ3) is 49.4. The van der Waals surface area contributed by atoms with Gasteiger partial charge in [-0.25, -0.2) is 4.57 Å². The Balaban J connectivity index is 4.10. The number of ether oxygens (including phenoxy) is 2. The number of unbranched alkanes of at least 4 members (excludes halogenated alkanes) is 25. The average Bonchev–Trinajstić information content (AvgIpc) is 3.28. The maximum Gasteiger partial charge on any atom is 0.472 e. The molecule has 0 fully saturated rings. The highest BCUT2D eigenvalue weighted by Gasteiger charge is 2.26. The molecule has 3 unspecified atom stereocenters. The molecule has 0 amide bonds. The Morgan fingerprint density at radius 3 is 1.37 bits per heavy atom. The second kappa shape index (κ2) is 49.6. The molecule has 0 aliphatic heterocycles. The summed E-state index contributed by atoms with van der Waals surface area (Å²) in [5.41, 5.74) is 0. The van der Waals surface area contributed by atoms with E-state index in [0.29, 0.717) is 6.61 Å². The summed E-state index contributed by atoms with van der Waals surface area (Å²) < 4.78 is 33.5. The molecular formula is C53H97O9P. The van der Waals surface area contributed by atoms with Crippen LogP contribution in [-0.4, -0.2) is 66.3 Å². The zero-order chi connectivity index (χ0) is 46.0. The van der Waals surface area contributed by atoms with Crippen LogP contribution in [0, 0.1) is 0 Å². The van der Waals surface area contributed by atoms with Gasteiger partial charge in [0.05, 0.1) is 26.4 Å². The lowest BCUT2D eigenvalue weighted by atomic mass is 10.0. The van der Waals surface area contributed by atoms with Crippen LogP contribution in [-0.2, 0) is 27.9 Å². The molecule has 0 saturated carbocycles. The number of hydrogen-bond donors (Lipinski definition) is 3. The fourth-order valence-corrected chi connectivity index (χ4v) is 7.88. The van der Waals surface area contributed by atoms with E-state index in [1.54, 1.807) is 0 Å². The SMILES string of the molecule is CC/C=C\C/C=C\C/C=C\C/C=C\C/C=C\CCCCCCCCOCC(COP(=O)(O)OCC(O)CO)OC(=O)CCCCCCCCCCCCCCCCCCCCCC. The molecule has 0 aromatic heterocycles. The molecule has 368 valence electrons. The summed E-state index contributed by atoms with van der Waals surface area (Å²) in [4.78, 5) is 22.7. The quantitative estimate of drug-likeness (QED) is 0.0236. The van der Waals surface area contributed by atoms with Crippen LogP contribution in [0.25, 0.3) is 0 Å². The van der Waals surface area contributed by atoms with Crippen molar-refractivity contribution >= 4 is 13.8 Å². The van der Waals surface area contributed by atoms with E-state index in [1.165, 1.54) is 128 Å². The third-order valence-corrected chi connectivity index (χ3v) is 11.9. The van der Waals surface area contributed by atoms with Crippen LogP contribution in [0.1, 0.15) is 226 Å². The van der Waals surface area contributed by atoms with Gasteiger partial charge in [0.15, 0.2) is 0 Å². The maximum absolute atomic E-state index is 12.7. The molecule has 3 N–H and O–H groups in total. The van der Waals surface area contributed by atoms with E-state index >= 15 is 0 Å². The van der Waals surface area contributed by atoms with Gasteiger partial charge in [-0.3, -0.25) is 13.8 Å². The Bertz CT molecular complexity index is 1170. The molecule has 0 aromatic rings. The smallest absolute Gasteiger partial charge is 0.457 e. The standard InChI is InChI=1S/C53H97O9P/c1-3-5-7-9-11-13-15-17-19-21-23-25-26-28-30-32-34-36-38-40-42-44-46-59-49-52(50-61-63(57,58)60-48-51(55)47-54)62-53(56)45-43-41-39-37-35-33-31-29-27-24-22-20-18-16-14-12-10-8-6-4-2/h5,7,11,13,17,19,23,25,28,30,51-52,54-55H,3-4,6,8-10,12,14-16,18,20-22,24,26-27,29,31-50H2,1-2H3,(H,57,58)/b7-5-,13-11-,19-17-,25-23-,30-28-. The number of carbonyl (C=O) groups is 1. The molecule has 10 heteroatoms. The molecular weight excluding hydrogens is 812 g/mol.